The van der Waals surface area contributed by atoms with E-state index in [4.69, 9.17) is 14.2 Å². The molecule has 3 aliphatic rings. The minimum Gasteiger partial charge on any atom is -0.370 e. The molecule has 42 heavy (non-hydrogen) atoms. The second-order valence-electron chi connectivity index (χ2n) is 11.4. The van der Waals surface area contributed by atoms with Crippen molar-refractivity contribution in [1.82, 2.24) is 10.0 Å². The Bertz CT molecular complexity index is 1450. The SMILES string of the molecule is O=C1C[C@@H](c2ccccc2)N2[C@@H]3[C@H](CN12)[C@@H](OCc1ccccc1)[C@H](OCc1ccccc1)[C@H]3OCc1ccccc1. The van der Waals surface area contributed by atoms with Gasteiger partial charge in [0.1, 0.15) is 12.2 Å². The number of hydrazine groups is 1. The highest BCUT2D eigenvalue weighted by molar-refractivity contribution is 5.79. The Hall–Kier alpha value is -3.81. The van der Waals surface area contributed by atoms with Crippen LogP contribution in [0.3, 0.4) is 0 Å². The fourth-order valence-corrected chi connectivity index (χ4v) is 6.89. The summed E-state index contributed by atoms with van der Waals surface area (Å²) in [6.07, 6.45) is -0.373. The van der Waals surface area contributed by atoms with Crippen LogP contribution in [0, 0.1) is 5.92 Å². The van der Waals surface area contributed by atoms with Gasteiger partial charge in [0, 0.05) is 18.9 Å². The van der Waals surface area contributed by atoms with Crippen LogP contribution in [0.2, 0.25) is 0 Å². The first-order valence-corrected chi connectivity index (χ1v) is 14.9. The first-order chi connectivity index (χ1) is 20.8. The van der Waals surface area contributed by atoms with Crippen LogP contribution in [-0.4, -0.2) is 46.8 Å². The smallest absolute Gasteiger partial charge is 0.238 e. The van der Waals surface area contributed by atoms with Gasteiger partial charge in [0.2, 0.25) is 5.91 Å². The number of ether oxygens (including phenoxy) is 3. The number of carbonyl (C=O) groups excluding carboxylic acids is 1. The molecule has 6 atom stereocenters. The fraction of sp³-hybridized carbons (Fsp3) is 0.306. The Balaban J connectivity index is 1.23. The molecule has 214 valence electrons. The number of nitrogens with zero attached hydrogens (tertiary/aromatic N) is 2. The molecule has 0 unspecified atom stereocenters. The molecule has 6 nitrogen and oxygen atoms in total. The zero-order valence-corrected chi connectivity index (χ0v) is 23.6. The third kappa shape index (κ3) is 5.39. The van der Waals surface area contributed by atoms with Crippen molar-refractivity contribution in [3.05, 3.63) is 144 Å². The van der Waals surface area contributed by atoms with Gasteiger partial charge in [0.05, 0.1) is 38.0 Å². The summed E-state index contributed by atoms with van der Waals surface area (Å²) in [4.78, 5) is 13.4. The van der Waals surface area contributed by atoms with Gasteiger partial charge in [-0.1, -0.05) is 121 Å². The molecule has 3 fully saturated rings. The van der Waals surface area contributed by atoms with Crippen molar-refractivity contribution in [3.8, 4) is 0 Å². The maximum Gasteiger partial charge on any atom is 0.238 e. The van der Waals surface area contributed by atoms with E-state index in [1.807, 2.05) is 77.8 Å². The van der Waals surface area contributed by atoms with Crippen LogP contribution in [0.15, 0.2) is 121 Å². The molecule has 0 bridgehead atoms. The molecule has 1 aliphatic carbocycles. The van der Waals surface area contributed by atoms with Crippen molar-refractivity contribution in [1.29, 1.82) is 0 Å². The molecule has 0 N–H and O–H groups in total. The standard InChI is InChI=1S/C36H36N2O4/c39-32-21-31(29-19-11-4-12-20-29)38-33-30(22-37(32)38)34(40-23-26-13-5-1-6-14-26)36(42-25-28-17-9-3-10-18-28)35(33)41-24-27-15-7-2-8-16-27/h1-20,30-31,33-36H,21-25H2/t30-,31-,33+,34+,35-,36-/m0/s1. The normalized spacial score (nSPS) is 26.9. The van der Waals surface area contributed by atoms with E-state index in [1.54, 1.807) is 0 Å². The minimum atomic E-state index is -0.304. The summed E-state index contributed by atoms with van der Waals surface area (Å²) in [5, 5.41) is 4.25. The number of fused-ring (bicyclic) bond motifs is 3. The number of amides is 1. The average Bonchev–Trinajstić information content (AvgIpc) is 3.68. The maximum atomic E-state index is 13.4. The van der Waals surface area contributed by atoms with E-state index in [0.717, 1.165) is 22.3 Å². The largest absolute Gasteiger partial charge is 0.370 e. The van der Waals surface area contributed by atoms with Crippen molar-refractivity contribution in [2.75, 3.05) is 6.54 Å². The Labute approximate surface area is 247 Å². The second kappa shape index (κ2) is 12.2. The molecule has 7 rings (SSSR count). The fourth-order valence-electron chi connectivity index (χ4n) is 6.89. The van der Waals surface area contributed by atoms with Crippen molar-refractivity contribution in [2.24, 2.45) is 5.92 Å². The van der Waals surface area contributed by atoms with Gasteiger partial charge in [-0.25, -0.2) is 5.01 Å². The summed E-state index contributed by atoms with van der Waals surface area (Å²) >= 11 is 0. The van der Waals surface area contributed by atoms with E-state index in [0.29, 0.717) is 32.8 Å². The van der Waals surface area contributed by atoms with Gasteiger partial charge in [0.25, 0.3) is 0 Å². The van der Waals surface area contributed by atoms with Gasteiger partial charge in [0.15, 0.2) is 0 Å². The summed E-state index contributed by atoms with van der Waals surface area (Å²) in [5.41, 5.74) is 4.47. The second-order valence-corrected chi connectivity index (χ2v) is 11.4. The van der Waals surface area contributed by atoms with Gasteiger partial charge in [-0.15, -0.1) is 0 Å². The third-order valence-corrected chi connectivity index (χ3v) is 8.83. The molecule has 0 radical (unpaired) electrons. The van der Waals surface area contributed by atoms with E-state index in [2.05, 4.69) is 53.5 Å². The van der Waals surface area contributed by atoms with Gasteiger partial charge >= 0.3 is 0 Å². The van der Waals surface area contributed by atoms with Crippen molar-refractivity contribution >= 4 is 5.91 Å². The van der Waals surface area contributed by atoms with Crippen LogP contribution in [0.25, 0.3) is 0 Å². The number of benzene rings is 4. The zero-order chi connectivity index (χ0) is 28.3. The van der Waals surface area contributed by atoms with Crippen molar-refractivity contribution in [2.45, 2.75) is 56.6 Å². The van der Waals surface area contributed by atoms with Gasteiger partial charge in [-0.05, 0) is 22.3 Å². The first kappa shape index (κ1) is 27.0. The van der Waals surface area contributed by atoms with Crippen molar-refractivity contribution < 1.29 is 19.0 Å². The Morgan fingerprint density at radius 1 is 0.571 bits per heavy atom. The highest BCUT2D eigenvalue weighted by Gasteiger charge is 2.64. The Morgan fingerprint density at radius 3 is 1.55 bits per heavy atom. The lowest BCUT2D eigenvalue weighted by Crippen LogP contribution is -2.48. The van der Waals surface area contributed by atoms with Crippen LogP contribution in [-0.2, 0) is 38.8 Å². The van der Waals surface area contributed by atoms with E-state index in [9.17, 15) is 4.79 Å². The predicted molar refractivity (Wildman–Crippen MR) is 160 cm³/mol. The van der Waals surface area contributed by atoms with Gasteiger partial charge < -0.3 is 14.2 Å². The average molecular weight is 561 g/mol. The quantitative estimate of drug-likeness (QED) is 0.240. The van der Waals surface area contributed by atoms with E-state index >= 15 is 0 Å². The molecular weight excluding hydrogens is 524 g/mol. The lowest BCUT2D eigenvalue weighted by Gasteiger charge is -2.35. The minimum absolute atomic E-state index is 0.0424. The lowest BCUT2D eigenvalue weighted by atomic mass is 9.97. The summed E-state index contributed by atoms with van der Waals surface area (Å²) in [6, 6.07) is 41.0. The van der Waals surface area contributed by atoms with Crippen LogP contribution in [0.4, 0.5) is 0 Å². The monoisotopic (exact) mass is 560 g/mol. The number of carbonyl (C=O) groups is 1. The molecule has 6 heteroatoms. The van der Waals surface area contributed by atoms with E-state index < -0.39 is 0 Å². The zero-order valence-electron chi connectivity index (χ0n) is 23.6. The summed E-state index contributed by atoms with van der Waals surface area (Å²) in [5.74, 6) is 0.203. The molecule has 2 aliphatic heterocycles. The molecule has 1 saturated carbocycles. The highest BCUT2D eigenvalue weighted by Crippen LogP contribution is 2.50. The van der Waals surface area contributed by atoms with Crippen LogP contribution >= 0.6 is 0 Å². The molecule has 4 aromatic rings. The van der Waals surface area contributed by atoms with E-state index in [1.165, 1.54) is 0 Å². The molecular formula is C36H36N2O4. The molecule has 1 amide bonds. The molecule has 0 spiro atoms. The van der Waals surface area contributed by atoms with Gasteiger partial charge in [-0.3, -0.25) is 9.80 Å². The predicted octanol–water partition coefficient (Wildman–Crippen LogP) is 5.95. The maximum absolute atomic E-state index is 13.4. The highest BCUT2D eigenvalue weighted by atomic mass is 16.6. The lowest BCUT2D eigenvalue weighted by molar-refractivity contribution is -0.156. The van der Waals surface area contributed by atoms with Gasteiger partial charge in [-0.2, -0.15) is 0 Å². The number of hydrogen-bond donors (Lipinski definition) is 0. The van der Waals surface area contributed by atoms with Crippen LogP contribution in [0.5, 0.6) is 0 Å². The topological polar surface area (TPSA) is 51.2 Å². The van der Waals surface area contributed by atoms with E-state index in [-0.39, 0.29) is 42.2 Å². The molecule has 2 saturated heterocycles. The molecule has 4 aromatic carbocycles. The van der Waals surface area contributed by atoms with Crippen LogP contribution in [0.1, 0.15) is 34.7 Å². The summed E-state index contributed by atoms with van der Waals surface area (Å²) < 4.78 is 20.4. The Kier molecular flexibility index (Phi) is 7.86. The van der Waals surface area contributed by atoms with Crippen LogP contribution < -0.4 is 0 Å². The van der Waals surface area contributed by atoms with Crippen molar-refractivity contribution in [3.63, 3.8) is 0 Å². The molecule has 2 heterocycles. The number of hydrogen-bond acceptors (Lipinski definition) is 5. The summed E-state index contributed by atoms with van der Waals surface area (Å²) in [6.45, 7) is 2.00. The third-order valence-electron chi connectivity index (χ3n) is 8.83. The Morgan fingerprint density at radius 2 is 1.02 bits per heavy atom. The molecule has 0 aromatic heterocycles. The first-order valence-electron chi connectivity index (χ1n) is 14.9. The summed E-state index contributed by atoms with van der Waals surface area (Å²) in [7, 11) is 0. The number of rotatable bonds is 10.